The predicted molar refractivity (Wildman–Crippen MR) is 76.0 cm³/mol. The molecular formula is C15H13F4N3O3. The molecule has 0 saturated carbocycles. The third-order valence-electron chi connectivity index (χ3n) is 3.74. The van der Waals surface area contributed by atoms with Gasteiger partial charge in [0.1, 0.15) is 17.7 Å². The molecule has 0 unspecified atom stereocenters. The van der Waals surface area contributed by atoms with E-state index in [1.165, 1.54) is 19.1 Å². The molecule has 25 heavy (non-hydrogen) atoms. The highest BCUT2D eigenvalue weighted by molar-refractivity contribution is 5.73. The fourth-order valence-electron chi connectivity index (χ4n) is 2.50. The Labute approximate surface area is 139 Å². The summed E-state index contributed by atoms with van der Waals surface area (Å²) in [6.45, 7) is 2.42. The van der Waals surface area contributed by atoms with Gasteiger partial charge in [-0.15, -0.1) is 0 Å². The molecule has 1 aromatic heterocycles. The zero-order valence-electron chi connectivity index (χ0n) is 13.0. The molecule has 1 aromatic carbocycles. The van der Waals surface area contributed by atoms with Crippen LogP contribution in [0.4, 0.5) is 17.6 Å². The molecule has 0 bridgehead atoms. The highest BCUT2D eigenvalue weighted by Crippen LogP contribution is 2.31. The van der Waals surface area contributed by atoms with Gasteiger partial charge in [0.25, 0.3) is 0 Å². The van der Waals surface area contributed by atoms with Gasteiger partial charge in [-0.25, -0.2) is 4.39 Å². The largest absolute Gasteiger partial charge is 0.488 e. The lowest BCUT2D eigenvalue weighted by atomic mass is 10.2. The van der Waals surface area contributed by atoms with Crippen molar-refractivity contribution >= 4 is 5.91 Å². The van der Waals surface area contributed by atoms with Crippen molar-refractivity contribution in [3.63, 3.8) is 0 Å². The fourth-order valence-corrected chi connectivity index (χ4v) is 2.50. The maximum absolute atomic E-state index is 14.2. The molecule has 0 spiro atoms. The van der Waals surface area contributed by atoms with Crippen LogP contribution in [0.15, 0.2) is 22.7 Å². The second kappa shape index (κ2) is 6.34. The van der Waals surface area contributed by atoms with E-state index in [1.54, 1.807) is 4.90 Å². The molecule has 1 amide bonds. The van der Waals surface area contributed by atoms with Crippen molar-refractivity contribution < 1.29 is 31.6 Å². The number of hydrogen-bond donors (Lipinski definition) is 0. The Bertz CT molecular complexity index is 791. The summed E-state index contributed by atoms with van der Waals surface area (Å²) in [5.41, 5.74) is -0.233. The highest BCUT2D eigenvalue weighted by Gasteiger charge is 2.38. The molecule has 3 rings (SSSR count). The molecule has 1 aliphatic heterocycles. The van der Waals surface area contributed by atoms with E-state index in [0.717, 1.165) is 6.07 Å². The molecule has 6 nitrogen and oxygen atoms in total. The van der Waals surface area contributed by atoms with Gasteiger partial charge in [-0.1, -0.05) is 5.16 Å². The van der Waals surface area contributed by atoms with Crippen LogP contribution in [0.2, 0.25) is 0 Å². The van der Waals surface area contributed by atoms with Crippen molar-refractivity contribution in [2.45, 2.75) is 25.6 Å². The summed E-state index contributed by atoms with van der Waals surface area (Å²) < 4.78 is 61.2. The molecule has 134 valence electrons. The summed E-state index contributed by atoms with van der Waals surface area (Å²) in [6, 6.07) is 3.65. The van der Waals surface area contributed by atoms with Crippen LogP contribution in [0.25, 0.3) is 11.4 Å². The summed E-state index contributed by atoms with van der Waals surface area (Å²) in [5, 5.41) is 3.14. The van der Waals surface area contributed by atoms with E-state index in [1.807, 2.05) is 0 Å². The SMILES string of the molecule is CC(=O)N1CC[C@H](Oc2ccc(-c3noc(C(F)(F)F)n3)c(F)c2)C1. The van der Waals surface area contributed by atoms with Gasteiger partial charge < -0.3 is 14.2 Å². The standard InChI is InChI=1S/C15H13F4N3O3/c1-8(23)22-5-4-10(7-22)24-9-2-3-11(12(16)6-9)13-20-14(25-21-13)15(17,18)19/h2-3,6,10H,4-5,7H2,1H3/t10-/m0/s1. The number of aromatic nitrogens is 2. The lowest BCUT2D eigenvalue weighted by molar-refractivity contribution is -0.159. The average molecular weight is 359 g/mol. The van der Waals surface area contributed by atoms with Gasteiger partial charge in [0.05, 0.1) is 12.1 Å². The summed E-state index contributed by atoms with van der Waals surface area (Å²) in [7, 11) is 0. The van der Waals surface area contributed by atoms with Crippen LogP contribution in [-0.4, -0.2) is 40.1 Å². The number of hydrogen-bond acceptors (Lipinski definition) is 5. The Morgan fingerprint density at radius 2 is 2.16 bits per heavy atom. The van der Waals surface area contributed by atoms with E-state index in [-0.39, 0.29) is 23.3 Å². The molecule has 1 atom stereocenters. The van der Waals surface area contributed by atoms with Crippen molar-refractivity contribution in [2.24, 2.45) is 0 Å². The number of carbonyl (C=O) groups excluding carboxylic acids is 1. The topological polar surface area (TPSA) is 68.5 Å². The average Bonchev–Trinajstić information content (AvgIpc) is 3.16. The van der Waals surface area contributed by atoms with Crippen molar-refractivity contribution in [2.75, 3.05) is 13.1 Å². The quantitative estimate of drug-likeness (QED) is 0.789. The van der Waals surface area contributed by atoms with Gasteiger partial charge in [0.2, 0.25) is 11.7 Å². The van der Waals surface area contributed by atoms with E-state index >= 15 is 0 Å². The monoisotopic (exact) mass is 359 g/mol. The molecule has 0 aliphatic carbocycles. The predicted octanol–water partition coefficient (Wildman–Crippen LogP) is 2.89. The second-order valence-electron chi connectivity index (χ2n) is 5.56. The third-order valence-corrected chi connectivity index (χ3v) is 3.74. The number of ether oxygens (including phenoxy) is 1. The van der Waals surface area contributed by atoms with Gasteiger partial charge in [0, 0.05) is 26.0 Å². The van der Waals surface area contributed by atoms with E-state index in [4.69, 9.17) is 4.74 Å². The number of halogens is 4. The van der Waals surface area contributed by atoms with Crippen LogP contribution in [0.1, 0.15) is 19.2 Å². The number of benzene rings is 1. The lowest BCUT2D eigenvalue weighted by Gasteiger charge is -2.15. The van der Waals surface area contributed by atoms with E-state index in [0.29, 0.717) is 19.5 Å². The van der Waals surface area contributed by atoms with E-state index in [9.17, 15) is 22.4 Å². The minimum Gasteiger partial charge on any atom is -0.488 e. The number of carbonyl (C=O) groups is 1. The molecule has 2 heterocycles. The van der Waals surface area contributed by atoms with Crippen molar-refractivity contribution in [1.29, 1.82) is 0 Å². The van der Waals surface area contributed by atoms with Crippen LogP contribution in [0, 0.1) is 5.82 Å². The Balaban J connectivity index is 1.73. The summed E-state index contributed by atoms with van der Waals surface area (Å²) in [5.74, 6) is -2.74. The normalized spacial score (nSPS) is 17.8. The first-order valence-electron chi connectivity index (χ1n) is 7.37. The molecule has 1 aliphatic rings. The number of alkyl halides is 3. The lowest BCUT2D eigenvalue weighted by Crippen LogP contribution is -2.28. The van der Waals surface area contributed by atoms with Crippen LogP contribution in [0.5, 0.6) is 5.75 Å². The molecule has 1 saturated heterocycles. The molecule has 0 radical (unpaired) electrons. The first-order valence-corrected chi connectivity index (χ1v) is 7.37. The van der Waals surface area contributed by atoms with Crippen LogP contribution in [0.3, 0.4) is 0 Å². The maximum atomic E-state index is 14.2. The number of nitrogens with zero attached hydrogens (tertiary/aromatic N) is 3. The van der Waals surface area contributed by atoms with Crippen molar-refractivity contribution in [3.8, 4) is 17.1 Å². The zero-order valence-corrected chi connectivity index (χ0v) is 13.0. The molecule has 2 aromatic rings. The van der Waals surface area contributed by atoms with Crippen molar-refractivity contribution in [1.82, 2.24) is 15.0 Å². The summed E-state index contributed by atoms with van der Waals surface area (Å²) >= 11 is 0. The second-order valence-corrected chi connectivity index (χ2v) is 5.56. The first-order chi connectivity index (χ1) is 11.7. The van der Waals surface area contributed by atoms with E-state index in [2.05, 4.69) is 14.7 Å². The maximum Gasteiger partial charge on any atom is 0.471 e. The van der Waals surface area contributed by atoms with Gasteiger partial charge in [-0.05, 0) is 12.1 Å². The fraction of sp³-hybridized carbons (Fsp3) is 0.400. The van der Waals surface area contributed by atoms with Crippen LogP contribution in [-0.2, 0) is 11.0 Å². The first kappa shape index (κ1) is 17.2. The van der Waals surface area contributed by atoms with Crippen molar-refractivity contribution in [3.05, 3.63) is 29.9 Å². The van der Waals surface area contributed by atoms with Crippen LogP contribution >= 0.6 is 0 Å². The van der Waals surface area contributed by atoms with Gasteiger partial charge >= 0.3 is 12.1 Å². The Hall–Kier alpha value is -2.65. The van der Waals surface area contributed by atoms with Gasteiger partial charge in [-0.2, -0.15) is 18.2 Å². The minimum absolute atomic E-state index is 0.0646. The Morgan fingerprint density at radius 1 is 1.40 bits per heavy atom. The summed E-state index contributed by atoms with van der Waals surface area (Å²) in [4.78, 5) is 16.0. The Morgan fingerprint density at radius 3 is 2.72 bits per heavy atom. The van der Waals surface area contributed by atoms with Gasteiger partial charge in [-0.3, -0.25) is 4.79 Å². The minimum atomic E-state index is -4.80. The zero-order chi connectivity index (χ0) is 18.2. The molecule has 1 fully saturated rings. The molecular weight excluding hydrogens is 346 g/mol. The Kier molecular flexibility index (Phi) is 4.36. The summed E-state index contributed by atoms with van der Waals surface area (Å²) in [6.07, 6.45) is -4.45. The van der Waals surface area contributed by atoms with Crippen LogP contribution < -0.4 is 4.74 Å². The number of amides is 1. The third kappa shape index (κ3) is 3.72. The highest BCUT2D eigenvalue weighted by atomic mass is 19.4. The van der Waals surface area contributed by atoms with Gasteiger partial charge in [0.15, 0.2) is 0 Å². The molecule has 10 heteroatoms. The molecule has 0 N–H and O–H groups in total. The number of likely N-dealkylation sites (tertiary alicyclic amines) is 1. The number of rotatable bonds is 3. The van der Waals surface area contributed by atoms with E-state index < -0.39 is 23.7 Å². The smallest absolute Gasteiger partial charge is 0.471 e.